The highest BCUT2D eigenvalue weighted by Crippen LogP contribution is 2.37. The van der Waals surface area contributed by atoms with Gasteiger partial charge in [0.15, 0.2) is 11.5 Å². The zero-order valence-electron chi connectivity index (χ0n) is 15.1. The number of hydrogen-bond donors (Lipinski definition) is 1. The van der Waals surface area contributed by atoms with Crippen LogP contribution >= 0.6 is 11.6 Å². The van der Waals surface area contributed by atoms with E-state index in [1.54, 1.807) is 6.08 Å². The molecule has 1 N–H and O–H groups in total. The minimum absolute atomic E-state index is 0.221. The third kappa shape index (κ3) is 5.00. The van der Waals surface area contributed by atoms with Crippen molar-refractivity contribution in [3.8, 4) is 11.5 Å². The van der Waals surface area contributed by atoms with Gasteiger partial charge in [-0.25, -0.2) is 0 Å². The Kier molecular flexibility index (Phi) is 7.34. The molecule has 0 saturated heterocycles. The Morgan fingerprint density at radius 2 is 2.16 bits per heavy atom. The summed E-state index contributed by atoms with van der Waals surface area (Å²) in [5, 5.41) is 8.34. The highest BCUT2D eigenvalue weighted by molar-refractivity contribution is 6.32. The van der Waals surface area contributed by atoms with E-state index in [-0.39, 0.29) is 6.04 Å². The summed E-state index contributed by atoms with van der Waals surface area (Å²) in [6, 6.07) is 6.13. The third-order valence-corrected chi connectivity index (χ3v) is 4.17. The van der Waals surface area contributed by atoms with Gasteiger partial charge in [-0.1, -0.05) is 31.2 Å². The molecule has 0 saturated carbocycles. The molecule has 0 unspecified atom stereocenters. The second-order valence-electron chi connectivity index (χ2n) is 5.66. The first kappa shape index (κ1) is 19.3. The Morgan fingerprint density at radius 3 is 2.76 bits per heavy atom. The van der Waals surface area contributed by atoms with Gasteiger partial charge in [0.25, 0.3) is 0 Å². The van der Waals surface area contributed by atoms with Crippen LogP contribution in [0.3, 0.4) is 0 Å². The molecule has 2 aromatic rings. The molecule has 0 radical (unpaired) electrons. The number of nitrogens with zero attached hydrogens (tertiary/aromatic N) is 2. The lowest BCUT2D eigenvalue weighted by molar-refractivity contribution is 0.296. The van der Waals surface area contributed by atoms with E-state index in [1.165, 1.54) is 0 Å². The van der Waals surface area contributed by atoms with E-state index >= 15 is 0 Å². The summed E-state index contributed by atoms with van der Waals surface area (Å²) in [5.41, 5.74) is 2.20. The van der Waals surface area contributed by atoms with E-state index in [0.29, 0.717) is 36.3 Å². The van der Waals surface area contributed by atoms with Gasteiger partial charge >= 0.3 is 0 Å². The molecule has 25 heavy (non-hydrogen) atoms. The summed E-state index contributed by atoms with van der Waals surface area (Å²) in [6.07, 6.45) is 4.46. The van der Waals surface area contributed by atoms with Crippen molar-refractivity contribution in [3.63, 3.8) is 0 Å². The van der Waals surface area contributed by atoms with Crippen LogP contribution in [-0.2, 0) is 13.6 Å². The fraction of sp³-hybridized carbons (Fsp3) is 0.421. The van der Waals surface area contributed by atoms with Crippen LogP contribution < -0.4 is 14.8 Å². The van der Waals surface area contributed by atoms with Crippen LogP contribution in [0.15, 0.2) is 37.1 Å². The van der Waals surface area contributed by atoms with Gasteiger partial charge in [-0.3, -0.25) is 4.68 Å². The van der Waals surface area contributed by atoms with E-state index in [1.807, 2.05) is 43.0 Å². The van der Waals surface area contributed by atoms with Gasteiger partial charge in [0, 0.05) is 25.8 Å². The predicted octanol–water partition coefficient (Wildman–Crippen LogP) is 4.28. The summed E-state index contributed by atoms with van der Waals surface area (Å²) < 4.78 is 13.2. The van der Waals surface area contributed by atoms with Crippen molar-refractivity contribution in [3.05, 3.63) is 53.3 Å². The molecule has 1 aromatic heterocycles. The van der Waals surface area contributed by atoms with E-state index in [9.17, 15) is 0 Å². The second kappa shape index (κ2) is 9.49. The van der Waals surface area contributed by atoms with Crippen molar-refractivity contribution in [2.24, 2.45) is 7.05 Å². The Hall–Kier alpha value is -1.98. The van der Waals surface area contributed by atoms with Gasteiger partial charge in [-0.15, -0.1) is 0 Å². The first-order valence-electron chi connectivity index (χ1n) is 8.50. The number of aryl methyl sites for hydroxylation is 1. The molecule has 136 valence electrons. The maximum absolute atomic E-state index is 6.40. The van der Waals surface area contributed by atoms with E-state index in [0.717, 1.165) is 17.7 Å². The summed E-state index contributed by atoms with van der Waals surface area (Å²) >= 11 is 6.40. The van der Waals surface area contributed by atoms with Crippen molar-refractivity contribution in [1.29, 1.82) is 0 Å². The molecular formula is C19H26ClN3O2. The Balaban J connectivity index is 2.15. The molecule has 0 aliphatic rings. The lowest BCUT2D eigenvalue weighted by Crippen LogP contribution is -2.22. The minimum Gasteiger partial charge on any atom is -0.490 e. The molecule has 5 nitrogen and oxygen atoms in total. The van der Waals surface area contributed by atoms with Crippen LogP contribution in [0.5, 0.6) is 11.5 Å². The maximum Gasteiger partial charge on any atom is 0.180 e. The van der Waals surface area contributed by atoms with Crippen molar-refractivity contribution in [1.82, 2.24) is 15.1 Å². The number of aromatic nitrogens is 2. The molecule has 1 heterocycles. The quantitative estimate of drug-likeness (QED) is 0.640. The average molecular weight is 364 g/mol. The van der Waals surface area contributed by atoms with E-state index < -0.39 is 0 Å². The van der Waals surface area contributed by atoms with Crippen molar-refractivity contribution >= 4 is 11.6 Å². The van der Waals surface area contributed by atoms with Gasteiger partial charge in [0.05, 0.1) is 17.3 Å². The minimum atomic E-state index is 0.221. The molecule has 0 aliphatic carbocycles. The van der Waals surface area contributed by atoms with Crippen LogP contribution in [-0.4, -0.2) is 23.0 Å². The number of halogens is 1. The molecule has 0 spiro atoms. The SMILES string of the molecule is C=CCOc1c(Cl)cc(CN[C@H](CC)c2ccnn2C)cc1OCC. The summed E-state index contributed by atoms with van der Waals surface area (Å²) in [7, 11) is 1.95. The monoisotopic (exact) mass is 363 g/mol. The van der Waals surface area contributed by atoms with Gasteiger partial charge < -0.3 is 14.8 Å². The zero-order chi connectivity index (χ0) is 18.2. The first-order valence-corrected chi connectivity index (χ1v) is 8.88. The molecule has 0 amide bonds. The van der Waals surface area contributed by atoms with Crippen LogP contribution in [0, 0.1) is 0 Å². The predicted molar refractivity (Wildman–Crippen MR) is 101 cm³/mol. The standard InChI is InChI=1S/C19H26ClN3O2/c1-5-10-25-19-15(20)11-14(12-18(19)24-7-3)13-21-16(6-2)17-8-9-22-23(17)4/h5,8-9,11-12,16,21H,1,6-7,10,13H2,2-4H3/t16-/m1/s1. The highest BCUT2D eigenvalue weighted by Gasteiger charge is 2.15. The van der Waals surface area contributed by atoms with Crippen molar-refractivity contribution < 1.29 is 9.47 Å². The smallest absolute Gasteiger partial charge is 0.180 e. The zero-order valence-corrected chi connectivity index (χ0v) is 15.8. The van der Waals surface area contributed by atoms with E-state index in [2.05, 4.69) is 23.9 Å². The molecule has 6 heteroatoms. The molecule has 0 aliphatic heterocycles. The van der Waals surface area contributed by atoms with Gasteiger partial charge in [-0.05, 0) is 37.1 Å². The summed E-state index contributed by atoms with van der Waals surface area (Å²) in [5.74, 6) is 1.22. The van der Waals surface area contributed by atoms with Gasteiger partial charge in [-0.2, -0.15) is 5.10 Å². The molecule has 1 atom stereocenters. The molecule has 2 rings (SSSR count). The van der Waals surface area contributed by atoms with Crippen LogP contribution in [0.1, 0.15) is 37.6 Å². The van der Waals surface area contributed by atoms with Crippen molar-refractivity contribution in [2.45, 2.75) is 32.9 Å². The Morgan fingerprint density at radius 1 is 1.36 bits per heavy atom. The second-order valence-corrected chi connectivity index (χ2v) is 6.07. The van der Waals surface area contributed by atoms with Crippen LogP contribution in [0.2, 0.25) is 5.02 Å². The fourth-order valence-corrected chi connectivity index (χ4v) is 2.98. The number of nitrogens with one attached hydrogen (secondary N) is 1. The number of hydrogen-bond acceptors (Lipinski definition) is 4. The van der Waals surface area contributed by atoms with Crippen molar-refractivity contribution in [2.75, 3.05) is 13.2 Å². The number of benzene rings is 1. The average Bonchev–Trinajstić information content (AvgIpc) is 3.01. The highest BCUT2D eigenvalue weighted by atomic mass is 35.5. The number of rotatable bonds is 10. The van der Waals surface area contributed by atoms with Crippen LogP contribution in [0.25, 0.3) is 0 Å². The summed E-state index contributed by atoms with van der Waals surface area (Å²) in [4.78, 5) is 0. The fourth-order valence-electron chi connectivity index (χ4n) is 2.69. The molecule has 0 bridgehead atoms. The van der Waals surface area contributed by atoms with Crippen LogP contribution in [0.4, 0.5) is 0 Å². The largest absolute Gasteiger partial charge is 0.490 e. The third-order valence-electron chi connectivity index (χ3n) is 3.89. The lowest BCUT2D eigenvalue weighted by Gasteiger charge is -2.19. The van der Waals surface area contributed by atoms with E-state index in [4.69, 9.17) is 21.1 Å². The van der Waals surface area contributed by atoms with Gasteiger partial charge in [0.1, 0.15) is 6.61 Å². The number of ether oxygens (including phenoxy) is 2. The molecular weight excluding hydrogens is 338 g/mol. The normalized spacial score (nSPS) is 12.0. The van der Waals surface area contributed by atoms with Gasteiger partial charge in [0.2, 0.25) is 0 Å². The Labute approximate surface area is 154 Å². The Bertz CT molecular complexity index is 700. The lowest BCUT2D eigenvalue weighted by atomic mass is 10.1. The maximum atomic E-state index is 6.40. The molecule has 1 aromatic carbocycles. The summed E-state index contributed by atoms with van der Waals surface area (Å²) in [6.45, 7) is 9.35. The first-order chi connectivity index (χ1) is 12.1. The molecule has 0 fully saturated rings. The topological polar surface area (TPSA) is 48.3 Å².